The Kier molecular flexibility index (Phi) is 7.85. The van der Waals surface area contributed by atoms with E-state index in [0.717, 1.165) is 24.3 Å². The van der Waals surface area contributed by atoms with Crippen molar-refractivity contribution in [2.24, 2.45) is 0 Å². The largest absolute Gasteiger partial charge is 0.496 e. The van der Waals surface area contributed by atoms with Gasteiger partial charge in [-0.3, -0.25) is 0 Å². The third-order valence-corrected chi connectivity index (χ3v) is 6.53. The SMILES string of the molecule is COc1ccc(-c2ccc3[nH]c(C)cc3c2)cc1COC1CCCC1.OCC1CCCN1. The lowest BCUT2D eigenvalue weighted by Gasteiger charge is -2.15. The Morgan fingerprint density at radius 1 is 0.969 bits per heavy atom. The summed E-state index contributed by atoms with van der Waals surface area (Å²) >= 11 is 0. The predicted molar refractivity (Wildman–Crippen MR) is 130 cm³/mol. The van der Waals surface area contributed by atoms with Crippen molar-refractivity contribution in [2.75, 3.05) is 20.3 Å². The molecule has 5 rings (SSSR count). The molecule has 0 amide bonds. The number of aryl methyl sites for hydroxylation is 1. The Hall–Kier alpha value is -2.34. The summed E-state index contributed by atoms with van der Waals surface area (Å²) in [5, 5.41) is 12.9. The van der Waals surface area contributed by atoms with E-state index in [4.69, 9.17) is 14.6 Å². The number of aliphatic hydroxyl groups is 1. The lowest BCUT2D eigenvalue weighted by Crippen LogP contribution is -2.24. The minimum Gasteiger partial charge on any atom is -0.496 e. The third-order valence-electron chi connectivity index (χ3n) is 6.53. The molecule has 2 fully saturated rings. The Morgan fingerprint density at radius 2 is 1.75 bits per heavy atom. The molecule has 1 atom stereocenters. The fourth-order valence-corrected chi connectivity index (χ4v) is 4.70. The van der Waals surface area contributed by atoms with E-state index >= 15 is 0 Å². The second-order valence-electron chi connectivity index (χ2n) is 8.97. The molecule has 1 unspecified atom stereocenters. The highest BCUT2D eigenvalue weighted by molar-refractivity contribution is 5.86. The zero-order valence-corrected chi connectivity index (χ0v) is 19.3. The first kappa shape index (κ1) is 22.8. The molecule has 2 heterocycles. The van der Waals surface area contributed by atoms with E-state index in [1.165, 1.54) is 59.8 Å². The summed E-state index contributed by atoms with van der Waals surface area (Å²) in [4.78, 5) is 3.38. The van der Waals surface area contributed by atoms with Gasteiger partial charge in [-0.25, -0.2) is 0 Å². The van der Waals surface area contributed by atoms with E-state index in [-0.39, 0.29) is 0 Å². The monoisotopic (exact) mass is 436 g/mol. The molecule has 2 aromatic carbocycles. The number of fused-ring (bicyclic) bond motifs is 1. The zero-order valence-electron chi connectivity index (χ0n) is 19.3. The van der Waals surface area contributed by atoms with Gasteiger partial charge >= 0.3 is 0 Å². The first-order valence-corrected chi connectivity index (χ1v) is 11.9. The highest BCUT2D eigenvalue weighted by atomic mass is 16.5. The van der Waals surface area contributed by atoms with Crippen LogP contribution >= 0.6 is 0 Å². The molecule has 1 saturated carbocycles. The van der Waals surface area contributed by atoms with E-state index in [9.17, 15) is 0 Å². The van der Waals surface area contributed by atoms with E-state index in [1.807, 2.05) is 0 Å². The van der Waals surface area contributed by atoms with Crippen molar-refractivity contribution in [2.45, 2.75) is 64.2 Å². The fourth-order valence-electron chi connectivity index (χ4n) is 4.70. The molecule has 1 aliphatic heterocycles. The number of aliphatic hydroxyl groups excluding tert-OH is 1. The molecule has 5 nitrogen and oxygen atoms in total. The molecule has 1 saturated heterocycles. The van der Waals surface area contributed by atoms with Gasteiger partial charge in [0.05, 0.1) is 26.4 Å². The molecule has 172 valence electrons. The van der Waals surface area contributed by atoms with Crippen molar-refractivity contribution in [3.63, 3.8) is 0 Å². The smallest absolute Gasteiger partial charge is 0.124 e. The minimum atomic E-state index is 0.306. The standard InChI is InChI=1S/C22H25NO2.C5H11NO/c1-15-11-18-12-16(7-9-21(18)23-15)17-8-10-22(24-2)19(13-17)14-25-20-5-3-4-6-20;7-4-5-2-1-3-6-5/h7-13,20,23H,3-6,14H2,1-2H3;5-7H,1-4H2. The van der Waals surface area contributed by atoms with Gasteiger partial charge in [0.25, 0.3) is 0 Å². The fraction of sp³-hybridized carbons (Fsp3) is 0.481. The summed E-state index contributed by atoms with van der Waals surface area (Å²) in [6, 6.07) is 15.5. The number of aromatic amines is 1. The summed E-state index contributed by atoms with van der Waals surface area (Å²) in [7, 11) is 1.72. The molecule has 2 aliphatic rings. The molecular formula is C27H36N2O3. The predicted octanol–water partition coefficient (Wildman–Crippen LogP) is 5.34. The average Bonchev–Trinajstić information content (AvgIpc) is 3.58. The van der Waals surface area contributed by atoms with Crippen LogP contribution in [0.5, 0.6) is 5.75 Å². The number of methoxy groups -OCH3 is 1. The molecule has 3 N–H and O–H groups in total. The maximum atomic E-state index is 8.50. The van der Waals surface area contributed by atoms with Crippen LogP contribution in [0.3, 0.4) is 0 Å². The Balaban J connectivity index is 0.000000300. The molecular weight excluding hydrogens is 400 g/mol. The van der Waals surface area contributed by atoms with Crippen LogP contribution in [0.4, 0.5) is 0 Å². The van der Waals surface area contributed by atoms with Crippen molar-refractivity contribution in [3.05, 3.63) is 53.7 Å². The van der Waals surface area contributed by atoms with Gasteiger partial charge in [-0.15, -0.1) is 0 Å². The van der Waals surface area contributed by atoms with Crippen molar-refractivity contribution in [1.29, 1.82) is 0 Å². The van der Waals surface area contributed by atoms with Crippen LogP contribution in [0.15, 0.2) is 42.5 Å². The van der Waals surface area contributed by atoms with Gasteiger partial charge in [-0.2, -0.15) is 0 Å². The lowest BCUT2D eigenvalue weighted by atomic mass is 10.0. The summed E-state index contributed by atoms with van der Waals surface area (Å²) in [5.41, 5.74) is 5.91. The topological polar surface area (TPSA) is 66.5 Å². The van der Waals surface area contributed by atoms with Crippen LogP contribution in [0.2, 0.25) is 0 Å². The summed E-state index contributed by atoms with van der Waals surface area (Å²) in [6.07, 6.45) is 7.74. The minimum absolute atomic E-state index is 0.306. The number of aromatic nitrogens is 1. The number of nitrogens with one attached hydrogen (secondary N) is 2. The van der Waals surface area contributed by atoms with Gasteiger partial charge in [-0.05, 0) is 80.6 Å². The quantitative estimate of drug-likeness (QED) is 0.488. The molecule has 1 aliphatic carbocycles. The first-order chi connectivity index (χ1) is 15.7. The maximum Gasteiger partial charge on any atom is 0.124 e. The normalized spacial score (nSPS) is 18.7. The lowest BCUT2D eigenvalue weighted by molar-refractivity contribution is 0.0446. The number of rotatable bonds is 6. The van der Waals surface area contributed by atoms with Crippen molar-refractivity contribution in [3.8, 4) is 16.9 Å². The summed E-state index contributed by atoms with van der Waals surface area (Å²) in [5.74, 6) is 0.903. The maximum absolute atomic E-state index is 8.50. The van der Waals surface area contributed by atoms with Gasteiger partial charge in [0, 0.05) is 28.2 Å². The average molecular weight is 437 g/mol. The van der Waals surface area contributed by atoms with Crippen LogP contribution in [0.25, 0.3) is 22.0 Å². The van der Waals surface area contributed by atoms with Crippen molar-refractivity contribution in [1.82, 2.24) is 10.3 Å². The van der Waals surface area contributed by atoms with Gasteiger partial charge in [0.2, 0.25) is 0 Å². The molecule has 0 radical (unpaired) electrons. The van der Waals surface area contributed by atoms with Crippen LogP contribution in [0.1, 0.15) is 49.8 Å². The molecule has 3 aromatic rings. The van der Waals surface area contributed by atoms with Gasteiger partial charge in [0.1, 0.15) is 5.75 Å². The second-order valence-corrected chi connectivity index (χ2v) is 8.97. The van der Waals surface area contributed by atoms with Gasteiger partial charge in [-0.1, -0.05) is 25.0 Å². The summed E-state index contributed by atoms with van der Waals surface area (Å²) < 4.78 is 11.7. The highest BCUT2D eigenvalue weighted by Gasteiger charge is 2.16. The Morgan fingerprint density at radius 3 is 2.44 bits per heavy atom. The summed E-state index contributed by atoms with van der Waals surface area (Å²) in [6.45, 7) is 4.10. The first-order valence-electron chi connectivity index (χ1n) is 11.9. The van der Waals surface area contributed by atoms with Crippen LogP contribution in [0, 0.1) is 6.92 Å². The van der Waals surface area contributed by atoms with Crippen molar-refractivity contribution >= 4 is 10.9 Å². The number of ether oxygens (including phenoxy) is 2. The molecule has 0 bridgehead atoms. The second kappa shape index (κ2) is 11.0. The number of hydrogen-bond donors (Lipinski definition) is 3. The van der Waals surface area contributed by atoms with E-state index in [0.29, 0.717) is 25.4 Å². The van der Waals surface area contributed by atoms with Crippen molar-refractivity contribution < 1.29 is 14.6 Å². The number of hydrogen-bond acceptors (Lipinski definition) is 4. The van der Waals surface area contributed by atoms with E-state index in [1.54, 1.807) is 7.11 Å². The third kappa shape index (κ3) is 5.71. The highest BCUT2D eigenvalue weighted by Crippen LogP contribution is 2.31. The Labute approximate surface area is 191 Å². The van der Waals surface area contributed by atoms with Crippen LogP contribution in [-0.4, -0.2) is 42.5 Å². The van der Waals surface area contributed by atoms with Crippen LogP contribution < -0.4 is 10.1 Å². The molecule has 32 heavy (non-hydrogen) atoms. The van der Waals surface area contributed by atoms with Gasteiger partial charge in [0.15, 0.2) is 0 Å². The zero-order chi connectivity index (χ0) is 22.3. The van der Waals surface area contributed by atoms with E-state index in [2.05, 4.69) is 59.7 Å². The molecule has 0 spiro atoms. The molecule has 5 heteroatoms. The number of H-pyrrole nitrogens is 1. The van der Waals surface area contributed by atoms with Gasteiger partial charge < -0.3 is 24.9 Å². The Bertz CT molecular complexity index is 1000. The van der Waals surface area contributed by atoms with E-state index < -0.39 is 0 Å². The number of benzene rings is 2. The molecule has 1 aromatic heterocycles. The van der Waals surface area contributed by atoms with Crippen LogP contribution in [-0.2, 0) is 11.3 Å².